The van der Waals surface area contributed by atoms with Crippen molar-refractivity contribution >= 4 is 7.82 Å². The molecule has 10 heteroatoms. The predicted octanol–water partition coefficient (Wildman–Crippen LogP) is -4.10. The molecule has 0 fully saturated rings. The molecule has 0 bridgehead atoms. The summed E-state index contributed by atoms with van der Waals surface area (Å²) in [6.07, 6.45) is 0. The van der Waals surface area contributed by atoms with Gasteiger partial charge in [-0.1, -0.05) is 0 Å². The Morgan fingerprint density at radius 3 is 1.00 bits per heavy atom. The Balaban J connectivity index is -0.00000000800. The second kappa shape index (κ2) is 16.5. The number of quaternary nitrogens is 1. The largest absolute Gasteiger partial charge is 2.00 e. The average molecular weight is 260 g/mol. The molecule has 8 N–H and O–H groups in total. The van der Waals surface area contributed by atoms with Gasteiger partial charge in [-0.25, -0.2) is 0 Å². The minimum absolute atomic E-state index is 0. The van der Waals surface area contributed by atoms with Crippen molar-refractivity contribution in [1.82, 2.24) is 6.15 Å². The van der Waals surface area contributed by atoms with Crippen LogP contribution < -0.4 is 20.8 Å². The van der Waals surface area contributed by atoms with Crippen LogP contribution in [0.1, 0.15) is 0 Å². The topological polar surface area (TPSA) is 186 Å². The zero-order valence-electron chi connectivity index (χ0n) is 4.81. The molecule has 0 aromatic carbocycles. The summed E-state index contributed by atoms with van der Waals surface area (Å²) < 4.78 is 8.55. The van der Waals surface area contributed by atoms with Crippen molar-refractivity contribution in [3.8, 4) is 0 Å². The van der Waals surface area contributed by atoms with Gasteiger partial charge in [0.05, 0.1) is 0 Å². The van der Waals surface area contributed by atoms with Crippen molar-refractivity contribution in [2.75, 3.05) is 0 Å². The van der Waals surface area contributed by atoms with Gasteiger partial charge in [0.1, 0.15) is 0 Å². The molecule has 7 nitrogen and oxygen atoms in total. The van der Waals surface area contributed by atoms with Crippen LogP contribution in [0.15, 0.2) is 0 Å². The van der Waals surface area contributed by atoms with E-state index in [4.69, 9.17) is 19.2 Å². The number of rotatable bonds is 0. The van der Waals surface area contributed by atoms with Crippen molar-refractivity contribution in [3.05, 3.63) is 0 Å². The van der Waals surface area contributed by atoms with E-state index in [1.165, 1.54) is 0 Å². The third-order valence-electron chi connectivity index (χ3n) is 0. The van der Waals surface area contributed by atoms with Crippen LogP contribution in [0.2, 0.25) is 0 Å². The smallest absolute Gasteiger partial charge is 0.822 e. The Morgan fingerprint density at radius 2 is 1.00 bits per heavy atom. The summed E-state index contributed by atoms with van der Waals surface area (Å²) in [5, 5.41) is 0. The van der Waals surface area contributed by atoms with E-state index in [1.807, 2.05) is 0 Å². The Bertz CT molecular complexity index is 63.9. The molecule has 0 heterocycles. The average Bonchev–Trinajstić information content (AvgIpc) is 0.722. The zero-order chi connectivity index (χ0) is 4.50. The van der Waals surface area contributed by atoms with Gasteiger partial charge < -0.3 is 36.3 Å². The molecular formula is H8FeMnNO6P. The molecule has 0 saturated carbocycles. The maximum absolute atomic E-state index is 8.55. The van der Waals surface area contributed by atoms with Crippen LogP contribution in [-0.2, 0) is 38.7 Å². The molecule has 69 valence electrons. The Morgan fingerprint density at radius 1 is 1.00 bits per heavy atom. The van der Waals surface area contributed by atoms with E-state index >= 15 is 0 Å². The molecule has 0 rings (SSSR count). The molecule has 0 aromatic heterocycles. The van der Waals surface area contributed by atoms with Crippen molar-refractivity contribution < 1.29 is 64.3 Å². The molecule has 10 heavy (non-hydrogen) atoms. The number of phosphoric acid groups is 1. The van der Waals surface area contributed by atoms with Crippen molar-refractivity contribution in [2.45, 2.75) is 0 Å². The van der Waals surface area contributed by atoms with Gasteiger partial charge in [-0.05, 0) is 0 Å². The quantitative estimate of drug-likeness (QED) is 0.342. The fourth-order valence-electron chi connectivity index (χ4n) is 0. The van der Waals surface area contributed by atoms with Gasteiger partial charge in [0.25, 0.3) is 0 Å². The molecule has 0 aliphatic heterocycles. The Kier molecular flexibility index (Phi) is 72.6. The monoisotopic (exact) mass is 260 g/mol. The van der Waals surface area contributed by atoms with Gasteiger partial charge in [-0.2, -0.15) is 7.82 Å². The molecule has 0 unspecified atom stereocenters. The van der Waals surface area contributed by atoms with Crippen molar-refractivity contribution in [1.29, 1.82) is 0 Å². The molecule has 1 radical (unpaired) electrons. The van der Waals surface area contributed by atoms with Crippen LogP contribution in [0.4, 0.5) is 0 Å². The van der Waals surface area contributed by atoms with Gasteiger partial charge in [0.2, 0.25) is 0 Å². The van der Waals surface area contributed by atoms with Gasteiger partial charge in [0.15, 0.2) is 0 Å². The summed E-state index contributed by atoms with van der Waals surface area (Å²) in [4.78, 5) is 25.6. The molecular weight excluding hydrogens is 252 g/mol. The fourth-order valence-corrected chi connectivity index (χ4v) is 0. The van der Waals surface area contributed by atoms with Crippen molar-refractivity contribution in [2.24, 2.45) is 0 Å². The fraction of sp³-hybridized carbons (Fsp3) is 0. The molecule has 0 aliphatic carbocycles. The first-order chi connectivity index (χ1) is 2.00. The van der Waals surface area contributed by atoms with E-state index in [2.05, 4.69) is 0 Å². The summed E-state index contributed by atoms with van der Waals surface area (Å²) in [6, 6.07) is 0. The van der Waals surface area contributed by atoms with Gasteiger partial charge in [-0.15, -0.1) is 0 Å². The van der Waals surface area contributed by atoms with E-state index in [0.29, 0.717) is 0 Å². The summed E-state index contributed by atoms with van der Waals surface area (Å²) in [5.74, 6) is 0. The first-order valence-electron chi connectivity index (χ1n) is 0.730. The van der Waals surface area contributed by atoms with Gasteiger partial charge in [0, 0.05) is 17.1 Å². The molecule has 0 atom stereocenters. The maximum Gasteiger partial charge on any atom is 2.00 e. The summed E-state index contributed by atoms with van der Waals surface area (Å²) in [6.45, 7) is 0. The molecule has 0 amide bonds. The summed E-state index contributed by atoms with van der Waals surface area (Å²) in [7, 11) is -5.39. The van der Waals surface area contributed by atoms with E-state index in [1.54, 1.807) is 0 Å². The van der Waals surface area contributed by atoms with Crippen LogP contribution in [0.25, 0.3) is 0 Å². The normalized spacial score (nSPS) is 5.90. The van der Waals surface area contributed by atoms with Crippen LogP contribution in [0, 0.1) is 0 Å². The first kappa shape index (κ1) is 43.9. The Hall–Kier alpha value is 1.03. The first-order valence-corrected chi connectivity index (χ1v) is 2.19. The summed E-state index contributed by atoms with van der Waals surface area (Å²) in [5.41, 5.74) is 0. The zero-order valence-corrected chi connectivity index (χ0v) is 7.99. The molecule has 0 aromatic rings. The van der Waals surface area contributed by atoms with E-state index in [0.717, 1.165) is 0 Å². The van der Waals surface area contributed by atoms with E-state index in [-0.39, 0.29) is 51.2 Å². The molecule has 0 spiro atoms. The minimum Gasteiger partial charge on any atom is -0.822 e. The molecule has 0 saturated heterocycles. The van der Waals surface area contributed by atoms with E-state index < -0.39 is 7.82 Å². The van der Waals surface area contributed by atoms with Crippen LogP contribution in [0.3, 0.4) is 0 Å². The van der Waals surface area contributed by atoms with Gasteiger partial charge in [-0.3, -0.25) is 0 Å². The predicted molar refractivity (Wildman–Crippen MR) is 20.8 cm³/mol. The standard InChI is InChI=1S/Fe.Mn.H3N.H3O4P.2H2O/c;;;1-5(2,3)4;;/h;;1H3;(H3,1,2,3,4);2*1H2/q+2;;;;;/p-2. The van der Waals surface area contributed by atoms with Crippen LogP contribution in [0.5, 0.6) is 0 Å². The second-order valence-electron chi connectivity index (χ2n) is 0.447. The van der Waals surface area contributed by atoms with Crippen LogP contribution in [-0.4, -0.2) is 11.0 Å². The van der Waals surface area contributed by atoms with Gasteiger partial charge >= 0.3 is 17.1 Å². The number of hydrogen-bond acceptors (Lipinski definition) is 4. The van der Waals surface area contributed by atoms with Crippen LogP contribution >= 0.6 is 7.82 Å². The SMILES string of the molecule is O.O.O=P([O-])([O-])[O-].[Fe+2].[Mn].[NH4+]. The third-order valence-corrected chi connectivity index (χ3v) is 0. The second-order valence-corrected chi connectivity index (χ2v) is 1.34. The summed E-state index contributed by atoms with van der Waals surface area (Å²) >= 11 is 0. The molecule has 0 aliphatic rings. The third kappa shape index (κ3) is 550. The number of hydrogen-bond donors (Lipinski definition) is 1. The minimum atomic E-state index is -5.39. The van der Waals surface area contributed by atoms with Crippen molar-refractivity contribution in [3.63, 3.8) is 0 Å². The Labute approximate surface area is 78.6 Å². The van der Waals surface area contributed by atoms with E-state index in [9.17, 15) is 0 Å². The maximum atomic E-state index is 8.55.